The van der Waals surface area contributed by atoms with Gasteiger partial charge in [-0.25, -0.2) is 4.98 Å². The van der Waals surface area contributed by atoms with Crippen molar-refractivity contribution in [3.63, 3.8) is 0 Å². The van der Waals surface area contributed by atoms with Crippen molar-refractivity contribution in [1.29, 1.82) is 0 Å². The molecule has 1 atom stereocenters. The Labute approximate surface area is 129 Å². The number of nitrogens with one attached hydrogen (secondary N) is 1. The van der Waals surface area contributed by atoms with Crippen LogP contribution in [0.2, 0.25) is 0 Å². The van der Waals surface area contributed by atoms with Crippen LogP contribution in [0.5, 0.6) is 0 Å². The minimum atomic E-state index is -0.487. The van der Waals surface area contributed by atoms with Gasteiger partial charge in [0, 0.05) is 32.0 Å². The van der Waals surface area contributed by atoms with Gasteiger partial charge in [0.2, 0.25) is 0 Å². The molecule has 2 aromatic rings. The predicted octanol–water partition coefficient (Wildman–Crippen LogP) is 1.32. The fourth-order valence-electron chi connectivity index (χ4n) is 2.42. The zero-order valence-corrected chi connectivity index (χ0v) is 12.2. The molecule has 22 heavy (non-hydrogen) atoms. The average Bonchev–Trinajstić information content (AvgIpc) is 2.57. The molecule has 0 radical (unpaired) electrons. The smallest absolute Gasteiger partial charge is 0.256 e. The molecule has 114 valence electrons. The lowest BCUT2D eigenvalue weighted by molar-refractivity contribution is -0.133. The van der Waals surface area contributed by atoms with Crippen molar-refractivity contribution in [2.45, 2.75) is 12.6 Å². The first-order valence-corrected chi connectivity index (χ1v) is 7.26. The van der Waals surface area contributed by atoms with Gasteiger partial charge in [0.15, 0.2) is 5.82 Å². The van der Waals surface area contributed by atoms with E-state index in [1.54, 1.807) is 12.4 Å². The summed E-state index contributed by atoms with van der Waals surface area (Å²) in [6.07, 6.45) is 4.13. The molecule has 1 fully saturated rings. The molecule has 6 heteroatoms. The van der Waals surface area contributed by atoms with Gasteiger partial charge in [-0.2, -0.15) is 0 Å². The van der Waals surface area contributed by atoms with E-state index in [0.717, 1.165) is 13.1 Å². The standard InChI is InChI=1S/C16H18N4O2/c21-16(19-15-10-17-6-7-18-15)14-12-20(8-9-22-14)11-13-4-2-1-3-5-13/h1-7,10,14H,8-9,11-12H2,(H,18,19,21). The van der Waals surface area contributed by atoms with E-state index >= 15 is 0 Å². The number of morpholine rings is 1. The number of benzene rings is 1. The van der Waals surface area contributed by atoms with E-state index in [9.17, 15) is 4.79 Å². The second kappa shape index (κ2) is 7.11. The molecule has 0 spiro atoms. The Morgan fingerprint density at radius 1 is 1.32 bits per heavy atom. The Kier molecular flexibility index (Phi) is 4.72. The molecule has 1 N–H and O–H groups in total. The molecule has 0 aliphatic carbocycles. The van der Waals surface area contributed by atoms with E-state index in [0.29, 0.717) is 19.0 Å². The van der Waals surface area contributed by atoms with Gasteiger partial charge < -0.3 is 10.1 Å². The largest absolute Gasteiger partial charge is 0.366 e. The highest BCUT2D eigenvalue weighted by atomic mass is 16.5. The fraction of sp³-hybridized carbons (Fsp3) is 0.312. The lowest BCUT2D eigenvalue weighted by atomic mass is 10.2. The summed E-state index contributed by atoms with van der Waals surface area (Å²) in [4.78, 5) is 22.4. The van der Waals surface area contributed by atoms with Gasteiger partial charge >= 0.3 is 0 Å². The summed E-state index contributed by atoms with van der Waals surface area (Å²) in [6, 6.07) is 10.2. The van der Waals surface area contributed by atoms with E-state index in [2.05, 4.69) is 32.3 Å². The Morgan fingerprint density at radius 2 is 2.18 bits per heavy atom. The zero-order chi connectivity index (χ0) is 15.2. The topological polar surface area (TPSA) is 67.4 Å². The number of nitrogens with zero attached hydrogens (tertiary/aromatic N) is 3. The van der Waals surface area contributed by atoms with E-state index < -0.39 is 6.10 Å². The van der Waals surface area contributed by atoms with Crippen molar-refractivity contribution >= 4 is 11.7 Å². The maximum Gasteiger partial charge on any atom is 0.256 e. The molecule has 1 aliphatic rings. The number of hydrogen-bond acceptors (Lipinski definition) is 5. The molecule has 3 rings (SSSR count). The summed E-state index contributed by atoms with van der Waals surface area (Å²) in [7, 11) is 0. The average molecular weight is 298 g/mol. The molecule has 1 saturated heterocycles. The summed E-state index contributed by atoms with van der Waals surface area (Å²) in [5, 5.41) is 2.73. The maximum atomic E-state index is 12.2. The van der Waals surface area contributed by atoms with Crippen molar-refractivity contribution in [2.24, 2.45) is 0 Å². The molecule has 1 aromatic carbocycles. The number of aromatic nitrogens is 2. The Balaban J connectivity index is 1.57. The van der Waals surface area contributed by atoms with Crippen molar-refractivity contribution in [3.05, 3.63) is 54.5 Å². The van der Waals surface area contributed by atoms with Crippen LogP contribution in [0.3, 0.4) is 0 Å². The second-order valence-electron chi connectivity index (χ2n) is 5.16. The van der Waals surface area contributed by atoms with Gasteiger partial charge in [-0.1, -0.05) is 30.3 Å². The minimum Gasteiger partial charge on any atom is -0.366 e. The highest BCUT2D eigenvalue weighted by Crippen LogP contribution is 2.12. The third-order valence-corrected chi connectivity index (χ3v) is 3.51. The zero-order valence-electron chi connectivity index (χ0n) is 12.2. The van der Waals surface area contributed by atoms with E-state index in [4.69, 9.17) is 4.74 Å². The second-order valence-corrected chi connectivity index (χ2v) is 5.16. The van der Waals surface area contributed by atoms with Crippen LogP contribution in [0.25, 0.3) is 0 Å². The lowest BCUT2D eigenvalue weighted by Gasteiger charge is -2.32. The van der Waals surface area contributed by atoms with Crippen LogP contribution in [0.15, 0.2) is 48.9 Å². The summed E-state index contributed by atoms with van der Waals surface area (Å²) in [6.45, 7) is 2.76. The Hall–Kier alpha value is -2.31. The first-order valence-electron chi connectivity index (χ1n) is 7.26. The Morgan fingerprint density at radius 3 is 2.95 bits per heavy atom. The molecule has 1 unspecified atom stereocenters. The molecule has 1 aliphatic heterocycles. The number of amides is 1. The van der Waals surface area contributed by atoms with Crippen LogP contribution >= 0.6 is 0 Å². The maximum absolute atomic E-state index is 12.2. The SMILES string of the molecule is O=C(Nc1cnccn1)C1CN(Cc2ccccc2)CCO1. The van der Waals surface area contributed by atoms with Crippen molar-refractivity contribution in [3.8, 4) is 0 Å². The third-order valence-electron chi connectivity index (χ3n) is 3.51. The molecule has 6 nitrogen and oxygen atoms in total. The monoisotopic (exact) mass is 298 g/mol. The number of anilines is 1. The normalized spacial score (nSPS) is 18.8. The molecule has 1 aromatic heterocycles. The van der Waals surface area contributed by atoms with Crippen LogP contribution in [0, 0.1) is 0 Å². The molecule has 1 amide bonds. The van der Waals surface area contributed by atoms with Crippen molar-refractivity contribution in [1.82, 2.24) is 14.9 Å². The highest BCUT2D eigenvalue weighted by Gasteiger charge is 2.26. The predicted molar refractivity (Wildman–Crippen MR) is 82.1 cm³/mol. The third kappa shape index (κ3) is 3.87. The number of hydrogen-bond donors (Lipinski definition) is 1. The number of rotatable bonds is 4. The summed E-state index contributed by atoms with van der Waals surface area (Å²) in [5.41, 5.74) is 1.23. The lowest BCUT2D eigenvalue weighted by Crippen LogP contribution is -2.47. The van der Waals surface area contributed by atoms with Gasteiger partial charge in [0.25, 0.3) is 5.91 Å². The van der Waals surface area contributed by atoms with E-state index in [1.165, 1.54) is 11.8 Å². The molecule has 0 bridgehead atoms. The van der Waals surface area contributed by atoms with Crippen LogP contribution < -0.4 is 5.32 Å². The molecular weight excluding hydrogens is 280 g/mol. The van der Waals surface area contributed by atoms with Crippen molar-refractivity contribution in [2.75, 3.05) is 25.0 Å². The highest BCUT2D eigenvalue weighted by molar-refractivity contribution is 5.93. The molecule has 2 heterocycles. The summed E-state index contributed by atoms with van der Waals surface area (Å²) >= 11 is 0. The molecule has 0 saturated carbocycles. The van der Waals surface area contributed by atoms with Gasteiger partial charge in [0.1, 0.15) is 6.10 Å². The number of carbonyl (C=O) groups excluding carboxylic acids is 1. The minimum absolute atomic E-state index is 0.182. The quantitative estimate of drug-likeness (QED) is 0.922. The number of ether oxygens (including phenoxy) is 1. The van der Waals surface area contributed by atoms with Crippen LogP contribution in [0.1, 0.15) is 5.56 Å². The molecular formula is C16H18N4O2. The van der Waals surface area contributed by atoms with E-state index in [-0.39, 0.29) is 5.91 Å². The van der Waals surface area contributed by atoms with Crippen LogP contribution in [-0.2, 0) is 16.1 Å². The van der Waals surface area contributed by atoms with Gasteiger partial charge in [-0.15, -0.1) is 0 Å². The summed E-state index contributed by atoms with van der Waals surface area (Å²) in [5.74, 6) is 0.259. The first-order chi connectivity index (χ1) is 10.8. The van der Waals surface area contributed by atoms with Crippen LogP contribution in [0.4, 0.5) is 5.82 Å². The van der Waals surface area contributed by atoms with Gasteiger partial charge in [0.05, 0.1) is 12.8 Å². The fourth-order valence-corrected chi connectivity index (χ4v) is 2.42. The summed E-state index contributed by atoms with van der Waals surface area (Å²) < 4.78 is 5.58. The van der Waals surface area contributed by atoms with Gasteiger partial charge in [-0.05, 0) is 5.56 Å². The van der Waals surface area contributed by atoms with Gasteiger partial charge in [-0.3, -0.25) is 14.7 Å². The van der Waals surface area contributed by atoms with E-state index in [1.807, 2.05) is 18.2 Å². The van der Waals surface area contributed by atoms with Crippen LogP contribution in [-0.4, -0.2) is 46.6 Å². The van der Waals surface area contributed by atoms with Crippen molar-refractivity contribution < 1.29 is 9.53 Å². The Bertz CT molecular complexity index is 606. The number of carbonyl (C=O) groups is 1. The first kappa shape index (κ1) is 14.6.